The van der Waals surface area contributed by atoms with Gasteiger partial charge >= 0.3 is 6.18 Å². The molecule has 4 rings (SSSR count). The fraction of sp³-hybridized carbons (Fsp3) is 0.320. The number of aliphatic imine (C=N–C) groups is 1. The molecule has 32 heavy (non-hydrogen) atoms. The van der Waals surface area contributed by atoms with Gasteiger partial charge in [-0.25, -0.2) is 4.99 Å². The summed E-state index contributed by atoms with van der Waals surface area (Å²) in [5, 5.41) is 0.628. The minimum absolute atomic E-state index is 0.569. The zero-order valence-electron chi connectivity index (χ0n) is 18.0. The Hall–Kier alpha value is -2.67. The second-order valence-corrected chi connectivity index (χ2v) is 9.31. The van der Waals surface area contributed by atoms with Gasteiger partial charge in [-0.3, -0.25) is 0 Å². The molecule has 0 saturated heterocycles. The van der Waals surface area contributed by atoms with Crippen LogP contribution in [0.5, 0.6) is 5.75 Å². The van der Waals surface area contributed by atoms with Crippen LogP contribution in [-0.4, -0.2) is 11.7 Å². The van der Waals surface area contributed by atoms with Gasteiger partial charge in [-0.15, -0.1) is 0 Å². The van der Waals surface area contributed by atoms with Crippen LogP contribution in [0, 0.1) is 18.8 Å². The van der Waals surface area contributed by atoms with Crippen molar-refractivity contribution in [1.29, 1.82) is 0 Å². The smallest absolute Gasteiger partial charge is 0.416 e. The lowest BCUT2D eigenvalue weighted by molar-refractivity contribution is -0.137. The number of rotatable bonds is 6. The Morgan fingerprint density at radius 3 is 2.53 bits per heavy atom. The average molecular weight is 459 g/mol. The van der Waals surface area contributed by atoms with Crippen molar-refractivity contribution in [3.05, 3.63) is 78.3 Å². The van der Waals surface area contributed by atoms with E-state index in [0.29, 0.717) is 21.6 Å². The molecule has 0 spiro atoms. The maximum absolute atomic E-state index is 12.8. The fourth-order valence-electron chi connectivity index (χ4n) is 3.55. The number of anilines is 1. The lowest BCUT2D eigenvalue weighted by Gasteiger charge is -2.26. The zero-order chi connectivity index (χ0) is 22.9. The van der Waals surface area contributed by atoms with Crippen molar-refractivity contribution < 1.29 is 17.9 Å². The first-order valence-electron chi connectivity index (χ1n) is 10.5. The van der Waals surface area contributed by atoms with Gasteiger partial charge in [-0.2, -0.15) is 13.2 Å². The molecule has 1 saturated carbocycles. The van der Waals surface area contributed by atoms with E-state index in [9.17, 15) is 13.2 Å². The van der Waals surface area contributed by atoms with Crippen LogP contribution in [0.4, 0.5) is 18.9 Å². The number of halogens is 3. The van der Waals surface area contributed by atoms with Crippen LogP contribution in [0.25, 0.3) is 0 Å². The number of thioether (sulfide) groups is 1. The predicted molar refractivity (Wildman–Crippen MR) is 124 cm³/mol. The second kappa shape index (κ2) is 9.06. The van der Waals surface area contributed by atoms with Gasteiger partial charge in [0.25, 0.3) is 0 Å². The summed E-state index contributed by atoms with van der Waals surface area (Å²) < 4.78 is 44.4. The molecule has 7 heteroatoms. The topological polar surface area (TPSA) is 24.8 Å². The molecular weight excluding hydrogens is 433 g/mol. The molecule has 1 fully saturated rings. The van der Waals surface area contributed by atoms with E-state index in [2.05, 4.69) is 18.5 Å². The van der Waals surface area contributed by atoms with Crippen molar-refractivity contribution in [2.75, 3.05) is 11.5 Å². The van der Waals surface area contributed by atoms with Crippen molar-refractivity contribution in [3.8, 4) is 5.75 Å². The summed E-state index contributed by atoms with van der Waals surface area (Å²) in [5.74, 6) is 2.25. The quantitative estimate of drug-likeness (QED) is 0.450. The Morgan fingerprint density at radius 1 is 1.19 bits per heavy atom. The number of alkyl halides is 3. The van der Waals surface area contributed by atoms with Crippen molar-refractivity contribution in [2.45, 2.75) is 37.8 Å². The van der Waals surface area contributed by atoms with E-state index < -0.39 is 11.7 Å². The third kappa shape index (κ3) is 5.21. The van der Waals surface area contributed by atoms with Crippen LogP contribution >= 0.6 is 11.8 Å². The summed E-state index contributed by atoms with van der Waals surface area (Å²) in [7, 11) is 0. The highest BCUT2D eigenvalue weighted by Crippen LogP contribution is 2.38. The van der Waals surface area contributed by atoms with E-state index in [-0.39, 0.29) is 0 Å². The number of nitrogens with zero attached hydrogens (tertiary/aromatic N) is 2. The van der Waals surface area contributed by atoms with E-state index in [4.69, 9.17) is 4.74 Å². The second-order valence-electron chi connectivity index (χ2n) is 8.25. The van der Waals surface area contributed by atoms with Crippen molar-refractivity contribution in [3.63, 3.8) is 0 Å². The Morgan fingerprint density at radius 2 is 1.91 bits per heavy atom. The molecule has 2 aliphatic rings. The van der Waals surface area contributed by atoms with Gasteiger partial charge in [0, 0.05) is 23.0 Å². The third-order valence-electron chi connectivity index (χ3n) is 5.71. The standard InChI is InChI=1S/C25H25F3N2OS/c1-16-14-21(8-11-23(16)31-15-17(2)19-4-5-19)30-13-12-29-24(18(30)3)32-22-9-6-20(7-10-22)25(26,27)28/h6-14,17,19H,3-5,15H2,1-2H3. The average Bonchev–Trinajstić information content (AvgIpc) is 3.59. The van der Waals surface area contributed by atoms with Crippen molar-refractivity contribution in [1.82, 2.24) is 0 Å². The number of aryl methyl sites for hydroxylation is 1. The largest absolute Gasteiger partial charge is 0.493 e. The maximum Gasteiger partial charge on any atom is 0.416 e. The fourth-order valence-corrected chi connectivity index (χ4v) is 4.38. The Labute approximate surface area is 190 Å². The van der Waals surface area contributed by atoms with Gasteiger partial charge in [-0.05, 0) is 79.6 Å². The minimum Gasteiger partial charge on any atom is -0.493 e. The van der Waals surface area contributed by atoms with E-state index >= 15 is 0 Å². The van der Waals surface area contributed by atoms with Crippen LogP contribution < -0.4 is 9.64 Å². The molecule has 2 aromatic carbocycles. The molecule has 1 unspecified atom stereocenters. The molecule has 1 aliphatic heterocycles. The molecule has 1 aliphatic carbocycles. The monoisotopic (exact) mass is 458 g/mol. The lowest BCUT2D eigenvalue weighted by Crippen LogP contribution is -2.22. The summed E-state index contributed by atoms with van der Waals surface area (Å²) in [6.45, 7) is 9.13. The molecule has 2 aromatic rings. The molecule has 1 atom stereocenters. The molecule has 168 valence electrons. The van der Waals surface area contributed by atoms with Gasteiger partial charge in [0.2, 0.25) is 0 Å². The SMILES string of the molecule is C=C1C(Sc2ccc(C(F)(F)F)cc2)=NC=CN1c1ccc(OCC(C)C2CC2)c(C)c1. The molecular formula is C25H25F3N2OS. The maximum atomic E-state index is 12.8. The molecule has 0 amide bonds. The zero-order valence-corrected chi connectivity index (χ0v) is 18.8. The van der Waals surface area contributed by atoms with Gasteiger partial charge < -0.3 is 9.64 Å². The molecule has 3 nitrogen and oxygen atoms in total. The molecule has 0 aromatic heterocycles. The highest BCUT2D eigenvalue weighted by molar-refractivity contribution is 8.14. The van der Waals surface area contributed by atoms with Crippen LogP contribution in [0.1, 0.15) is 30.9 Å². The molecule has 1 heterocycles. The summed E-state index contributed by atoms with van der Waals surface area (Å²) in [6, 6.07) is 11.0. The number of benzene rings is 2. The summed E-state index contributed by atoms with van der Waals surface area (Å²) in [4.78, 5) is 6.96. The van der Waals surface area contributed by atoms with E-state index in [1.807, 2.05) is 36.2 Å². The minimum atomic E-state index is -4.35. The first-order chi connectivity index (χ1) is 15.2. The number of hydrogen-bond donors (Lipinski definition) is 0. The van der Waals surface area contributed by atoms with E-state index in [1.54, 1.807) is 6.20 Å². The molecule has 0 bridgehead atoms. The van der Waals surface area contributed by atoms with Crippen molar-refractivity contribution in [2.24, 2.45) is 16.8 Å². The van der Waals surface area contributed by atoms with Gasteiger partial charge in [-0.1, -0.05) is 25.3 Å². The predicted octanol–water partition coefficient (Wildman–Crippen LogP) is 7.43. The Bertz CT molecular complexity index is 1060. The highest BCUT2D eigenvalue weighted by atomic mass is 32.2. The summed E-state index contributed by atoms with van der Waals surface area (Å²) >= 11 is 1.28. The van der Waals surface area contributed by atoms with E-state index in [0.717, 1.165) is 41.7 Å². The Balaban J connectivity index is 1.43. The normalized spacial score (nSPS) is 17.3. The van der Waals surface area contributed by atoms with Crippen LogP contribution in [0.2, 0.25) is 0 Å². The van der Waals surface area contributed by atoms with E-state index in [1.165, 1.54) is 36.7 Å². The summed E-state index contributed by atoms with van der Waals surface area (Å²) in [5.41, 5.74) is 1.95. The number of hydrogen-bond acceptors (Lipinski definition) is 4. The third-order valence-corrected chi connectivity index (χ3v) is 6.75. The van der Waals surface area contributed by atoms with Crippen LogP contribution in [0.15, 0.2) is 77.0 Å². The van der Waals surface area contributed by atoms with Gasteiger partial charge in [0.15, 0.2) is 0 Å². The lowest BCUT2D eigenvalue weighted by atomic mass is 10.1. The molecule has 0 radical (unpaired) electrons. The first-order valence-corrected chi connectivity index (χ1v) is 11.4. The Kier molecular flexibility index (Phi) is 6.38. The first kappa shape index (κ1) is 22.5. The van der Waals surface area contributed by atoms with Gasteiger partial charge in [0.1, 0.15) is 10.8 Å². The number of ether oxygens (including phenoxy) is 1. The van der Waals surface area contributed by atoms with Crippen LogP contribution in [0.3, 0.4) is 0 Å². The van der Waals surface area contributed by atoms with Crippen LogP contribution in [-0.2, 0) is 6.18 Å². The highest BCUT2D eigenvalue weighted by Gasteiger charge is 2.30. The van der Waals surface area contributed by atoms with Gasteiger partial charge in [0.05, 0.1) is 17.9 Å². The van der Waals surface area contributed by atoms with Crippen molar-refractivity contribution >= 4 is 22.5 Å². The molecule has 0 N–H and O–H groups in total. The summed E-state index contributed by atoms with van der Waals surface area (Å²) in [6.07, 6.45) is 1.75.